The van der Waals surface area contributed by atoms with Crippen molar-refractivity contribution < 1.29 is 9.47 Å². The highest BCUT2D eigenvalue weighted by Crippen LogP contribution is 2.67. The highest BCUT2D eigenvalue weighted by atomic mass is 16.5. The minimum Gasteiger partial charge on any atom is -0.377 e. The van der Waals surface area contributed by atoms with Gasteiger partial charge in [0.1, 0.15) is 0 Å². The smallest absolute Gasteiger partial charge is 0.0790 e. The first-order valence-corrected chi connectivity index (χ1v) is 12.8. The average Bonchev–Trinajstić information content (AvgIpc) is 3.09. The highest BCUT2D eigenvalue weighted by molar-refractivity contribution is 5.29. The number of hydrogen-bond acceptors (Lipinski definition) is 2. The summed E-state index contributed by atoms with van der Waals surface area (Å²) in [5.41, 5.74) is 3.72. The molecule has 0 radical (unpaired) electrons. The molecule has 3 fully saturated rings. The SMILES string of the molecule is COC1C=C2C(OC)CC3C(CCC4(C)C(C(C)/C=C/C=C(C)C)CCC34)C2(C)CC1. The van der Waals surface area contributed by atoms with Crippen LogP contribution in [0.3, 0.4) is 0 Å². The molecular formula is C29H46O2. The second-order valence-corrected chi connectivity index (χ2v) is 11.9. The van der Waals surface area contributed by atoms with Crippen molar-refractivity contribution in [1.82, 2.24) is 0 Å². The molecule has 0 N–H and O–H groups in total. The van der Waals surface area contributed by atoms with Crippen LogP contribution in [0, 0.1) is 40.4 Å². The quantitative estimate of drug-likeness (QED) is 0.337. The summed E-state index contributed by atoms with van der Waals surface area (Å²) < 4.78 is 11.9. The Kier molecular flexibility index (Phi) is 6.63. The van der Waals surface area contributed by atoms with E-state index < -0.39 is 0 Å². The minimum absolute atomic E-state index is 0.274. The normalized spacial score (nSPS) is 45.5. The van der Waals surface area contributed by atoms with E-state index in [4.69, 9.17) is 9.47 Å². The predicted molar refractivity (Wildman–Crippen MR) is 130 cm³/mol. The molecule has 4 aliphatic carbocycles. The molecule has 0 amide bonds. The predicted octanol–water partition coefficient (Wildman–Crippen LogP) is 7.36. The van der Waals surface area contributed by atoms with E-state index in [9.17, 15) is 0 Å². The van der Waals surface area contributed by atoms with Gasteiger partial charge in [-0.1, -0.05) is 50.6 Å². The third kappa shape index (κ3) is 3.90. The molecule has 4 aliphatic rings. The van der Waals surface area contributed by atoms with E-state index in [1.807, 2.05) is 14.2 Å². The van der Waals surface area contributed by atoms with Gasteiger partial charge in [0.05, 0.1) is 12.2 Å². The van der Waals surface area contributed by atoms with Crippen LogP contribution in [-0.2, 0) is 9.47 Å². The Bertz CT molecular complexity index is 744. The van der Waals surface area contributed by atoms with E-state index in [1.165, 1.54) is 44.1 Å². The second kappa shape index (κ2) is 8.82. The Balaban J connectivity index is 1.60. The molecule has 0 aliphatic heterocycles. The molecule has 0 aromatic rings. The van der Waals surface area contributed by atoms with Crippen molar-refractivity contribution in [2.75, 3.05) is 14.2 Å². The third-order valence-electron chi connectivity index (χ3n) is 10.2. The first kappa shape index (κ1) is 23.3. The number of allylic oxidation sites excluding steroid dienone is 4. The lowest BCUT2D eigenvalue weighted by molar-refractivity contribution is -0.0928. The molecule has 3 saturated carbocycles. The lowest BCUT2D eigenvalue weighted by Crippen LogP contribution is -2.54. The molecule has 4 rings (SSSR count). The van der Waals surface area contributed by atoms with E-state index in [2.05, 4.69) is 58.9 Å². The van der Waals surface area contributed by atoms with Gasteiger partial charge in [-0.05, 0) is 105 Å². The topological polar surface area (TPSA) is 18.5 Å². The minimum atomic E-state index is 0.274. The summed E-state index contributed by atoms with van der Waals surface area (Å²) in [5, 5.41) is 0. The molecule has 0 aromatic carbocycles. The van der Waals surface area contributed by atoms with Crippen molar-refractivity contribution in [3.8, 4) is 0 Å². The van der Waals surface area contributed by atoms with E-state index in [0.29, 0.717) is 16.7 Å². The highest BCUT2D eigenvalue weighted by Gasteiger charge is 2.61. The Morgan fingerprint density at radius 3 is 2.48 bits per heavy atom. The summed E-state index contributed by atoms with van der Waals surface area (Å²) >= 11 is 0. The van der Waals surface area contributed by atoms with Crippen LogP contribution in [0.1, 0.15) is 79.6 Å². The lowest BCUT2D eigenvalue weighted by atomic mass is 9.46. The molecule has 0 heterocycles. The van der Waals surface area contributed by atoms with Crippen molar-refractivity contribution >= 4 is 0 Å². The molecule has 2 heteroatoms. The number of hydrogen-bond donors (Lipinski definition) is 0. The fourth-order valence-corrected chi connectivity index (χ4v) is 8.59. The number of ether oxygens (including phenoxy) is 2. The van der Waals surface area contributed by atoms with Crippen molar-refractivity contribution in [2.24, 2.45) is 40.4 Å². The van der Waals surface area contributed by atoms with Crippen LogP contribution in [0.2, 0.25) is 0 Å². The van der Waals surface area contributed by atoms with Gasteiger partial charge < -0.3 is 9.47 Å². The molecule has 0 spiro atoms. The van der Waals surface area contributed by atoms with Crippen molar-refractivity contribution in [3.63, 3.8) is 0 Å². The summed E-state index contributed by atoms with van der Waals surface area (Å²) in [7, 11) is 3.79. The van der Waals surface area contributed by atoms with Gasteiger partial charge in [0.15, 0.2) is 0 Å². The maximum atomic E-state index is 6.16. The van der Waals surface area contributed by atoms with Crippen molar-refractivity contribution in [3.05, 3.63) is 35.5 Å². The van der Waals surface area contributed by atoms with Crippen molar-refractivity contribution in [2.45, 2.75) is 91.8 Å². The fraction of sp³-hybridized carbons (Fsp3) is 0.793. The molecule has 0 aromatic heterocycles. The van der Waals surface area contributed by atoms with Gasteiger partial charge in [-0.15, -0.1) is 0 Å². The molecule has 9 atom stereocenters. The molecule has 2 nitrogen and oxygen atoms in total. The van der Waals surface area contributed by atoms with Gasteiger partial charge in [-0.2, -0.15) is 0 Å². The van der Waals surface area contributed by atoms with Crippen LogP contribution in [0.5, 0.6) is 0 Å². The Morgan fingerprint density at radius 1 is 1.03 bits per heavy atom. The van der Waals surface area contributed by atoms with Crippen LogP contribution >= 0.6 is 0 Å². The summed E-state index contributed by atoms with van der Waals surface area (Å²) in [5.74, 6) is 3.95. The average molecular weight is 427 g/mol. The van der Waals surface area contributed by atoms with Crippen LogP contribution < -0.4 is 0 Å². The summed E-state index contributed by atoms with van der Waals surface area (Å²) in [6, 6.07) is 0. The van der Waals surface area contributed by atoms with Crippen LogP contribution in [-0.4, -0.2) is 26.4 Å². The standard InChI is InChI=1S/C29H46O2/c1-19(2)9-8-10-20(3)23-11-12-24-22-18-27(31-7)26-17-21(30-6)13-15-29(26,5)25(22)14-16-28(23,24)4/h8-10,17,20-25,27H,11-16,18H2,1-7H3/b10-8+. The van der Waals surface area contributed by atoms with Gasteiger partial charge in [-0.3, -0.25) is 0 Å². The van der Waals surface area contributed by atoms with E-state index in [-0.39, 0.29) is 12.2 Å². The third-order valence-corrected chi connectivity index (χ3v) is 10.2. The Hall–Kier alpha value is -0.860. The Morgan fingerprint density at radius 2 is 1.81 bits per heavy atom. The van der Waals surface area contributed by atoms with E-state index in [0.717, 1.165) is 30.1 Å². The van der Waals surface area contributed by atoms with Crippen LogP contribution in [0.25, 0.3) is 0 Å². The first-order chi connectivity index (χ1) is 14.7. The van der Waals surface area contributed by atoms with Crippen LogP contribution in [0.4, 0.5) is 0 Å². The molecule has 174 valence electrons. The van der Waals surface area contributed by atoms with Gasteiger partial charge in [-0.25, -0.2) is 0 Å². The lowest BCUT2D eigenvalue weighted by Gasteiger charge is -2.60. The molecule has 31 heavy (non-hydrogen) atoms. The maximum Gasteiger partial charge on any atom is 0.0790 e. The van der Waals surface area contributed by atoms with Crippen LogP contribution in [0.15, 0.2) is 35.5 Å². The van der Waals surface area contributed by atoms with Gasteiger partial charge in [0.25, 0.3) is 0 Å². The summed E-state index contributed by atoms with van der Waals surface area (Å²) in [6.45, 7) is 12.0. The fourth-order valence-electron chi connectivity index (χ4n) is 8.59. The first-order valence-electron chi connectivity index (χ1n) is 12.8. The monoisotopic (exact) mass is 426 g/mol. The van der Waals surface area contributed by atoms with Crippen molar-refractivity contribution in [1.29, 1.82) is 0 Å². The number of rotatable bonds is 5. The zero-order valence-electron chi connectivity index (χ0n) is 21.1. The largest absolute Gasteiger partial charge is 0.377 e. The molecule has 9 unspecified atom stereocenters. The second-order valence-electron chi connectivity index (χ2n) is 11.9. The zero-order valence-corrected chi connectivity index (χ0v) is 21.1. The zero-order chi connectivity index (χ0) is 22.4. The molecule has 0 saturated heterocycles. The number of methoxy groups -OCH3 is 2. The Labute approximate surface area is 191 Å². The van der Waals surface area contributed by atoms with E-state index >= 15 is 0 Å². The van der Waals surface area contributed by atoms with Gasteiger partial charge in [0, 0.05) is 14.2 Å². The summed E-state index contributed by atoms with van der Waals surface area (Å²) in [6.07, 6.45) is 19.3. The molecular weight excluding hydrogens is 380 g/mol. The van der Waals surface area contributed by atoms with Gasteiger partial charge in [0.2, 0.25) is 0 Å². The molecule has 0 bridgehead atoms. The number of fused-ring (bicyclic) bond motifs is 5. The summed E-state index contributed by atoms with van der Waals surface area (Å²) in [4.78, 5) is 0. The van der Waals surface area contributed by atoms with Gasteiger partial charge >= 0.3 is 0 Å². The van der Waals surface area contributed by atoms with E-state index in [1.54, 1.807) is 5.57 Å². The maximum absolute atomic E-state index is 6.16.